The number of hydrogen-bond donors (Lipinski definition) is 1. The van der Waals surface area contributed by atoms with Crippen LogP contribution in [0.5, 0.6) is 0 Å². The molecule has 1 amide bonds. The zero-order valence-corrected chi connectivity index (χ0v) is 15.8. The van der Waals surface area contributed by atoms with Crippen molar-refractivity contribution < 1.29 is 9.53 Å². The maximum atomic E-state index is 12.5. The van der Waals surface area contributed by atoms with Gasteiger partial charge in [0.25, 0.3) is 0 Å². The molecule has 2 aliphatic heterocycles. The fourth-order valence-electron chi connectivity index (χ4n) is 3.67. The number of rotatable bonds is 7. The molecule has 0 bridgehead atoms. The molecular weight excluding hydrogens is 330 g/mol. The quantitative estimate of drug-likeness (QED) is 0.749. The molecule has 1 aromatic rings. The molecular formula is C19H31N5O2. The second-order valence-corrected chi connectivity index (χ2v) is 6.96. The summed E-state index contributed by atoms with van der Waals surface area (Å²) < 4.78 is 5.48. The van der Waals surface area contributed by atoms with Crippen LogP contribution in [0.3, 0.4) is 0 Å². The maximum Gasteiger partial charge on any atom is 0.234 e. The van der Waals surface area contributed by atoms with E-state index in [4.69, 9.17) is 4.74 Å². The molecule has 7 nitrogen and oxygen atoms in total. The Morgan fingerprint density at radius 3 is 2.42 bits per heavy atom. The van der Waals surface area contributed by atoms with E-state index in [2.05, 4.69) is 31.9 Å². The van der Waals surface area contributed by atoms with E-state index in [1.54, 1.807) is 0 Å². The van der Waals surface area contributed by atoms with Gasteiger partial charge in [-0.15, -0.1) is 0 Å². The van der Waals surface area contributed by atoms with Crippen molar-refractivity contribution in [2.24, 2.45) is 0 Å². The highest BCUT2D eigenvalue weighted by molar-refractivity contribution is 5.78. The summed E-state index contributed by atoms with van der Waals surface area (Å²) in [6.45, 7) is 11.7. The average molecular weight is 361 g/mol. The summed E-state index contributed by atoms with van der Waals surface area (Å²) in [6, 6.07) is 4.25. The van der Waals surface area contributed by atoms with Crippen molar-refractivity contribution in [3.05, 3.63) is 30.1 Å². The van der Waals surface area contributed by atoms with Crippen LogP contribution in [0, 0.1) is 0 Å². The van der Waals surface area contributed by atoms with Crippen LogP contribution in [0.1, 0.15) is 18.5 Å². The molecule has 2 fully saturated rings. The molecule has 0 saturated carbocycles. The molecule has 0 aromatic carbocycles. The lowest BCUT2D eigenvalue weighted by atomic mass is 10.1. The summed E-state index contributed by atoms with van der Waals surface area (Å²) in [5, 5.41) is 3.15. The second kappa shape index (κ2) is 9.97. The number of hydrogen-bond acceptors (Lipinski definition) is 6. The summed E-state index contributed by atoms with van der Waals surface area (Å²) in [4.78, 5) is 23.6. The van der Waals surface area contributed by atoms with Crippen molar-refractivity contribution in [1.82, 2.24) is 25.0 Å². The molecule has 3 rings (SSSR count). The lowest BCUT2D eigenvalue weighted by molar-refractivity contribution is -0.123. The van der Waals surface area contributed by atoms with Gasteiger partial charge in [0.1, 0.15) is 0 Å². The van der Waals surface area contributed by atoms with Crippen molar-refractivity contribution in [2.45, 2.75) is 13.0 Å². The predicted molar refractivity (Wildman–Crippen MR) is 101 cm³/mol. The van der Waals surface area contributed by atoms with E-state index in [-0.39, 0.29) is 11.9 Å². The topological polar surface area (TPSA) is 60.9 Å². The van der Waals surface area contributed by atoms with Gasteiger partial charge in [0.05, 0.1) is 25.8 Å². The van der Waals surface area contributed by atoms with Gasteiger partial charge < -0.3 is 15.0 Å². The number of ether oxygens (including phenoxy) is 1. The van der Waals surface area contributed by atoms with Gasteiger partial charge in [0, 0.05) is 58.2 Å². The lowest BCUT2D eigenvalue weighted by Gasteiger charge is -2.35. The summed E-state index contributed by atoms with van der Waals surface area (Å²) in [5.41, 5.74) is 1.19. The van der Waals surface area contributed by atoms with Gasteiger partial charge in [0.2, 0.25) is 5.91 Å². The first-order valence-corrected chi connectivity index (χ1v) is 9.69. The smallest absolute Gasteiger partial charge is 0.234 e. The molecule has 144 valence electrons. The highest BCUT2D eigenvalue weighted by Crippen LogP contribution is 2.20. The minimum Gasteiger partial charge on any atom is -0.379 e. The van der Waals surface area contributed by atoms with Crippen LogP contribution >= 0.6 is 0 Å². The lowest BCUT2D eigenvalue weighted by Crippen LogP contribution is -2.50. The van der Waals surface area contributed by atoms with Crippen molar-refractivity contribution in [3.8, 4) is 0 Å². The number of nitrogens with one attached hydrogen (secondary N) is 1. The molecule has 1 atom stereocenters. The Balaban J connectivity index is 1.51. The van der Waals surface area contributed by atoms with Gasteiger partial charge in [0.15, 0.2) is 0 Å². The minimum atomic E-state index is 0.113. The Hall–Kier alpha value is -1.54. The number of aromatic nitrogens is 1. The zero-order valence-electron chi connectivity index (χ0n) is 15.8. The van der Waals surface area contributed by atoms with Gasteiger partial charge in [-0.1, -0.05) is 6.92 Å². The van der Waals surface area contributed by atoms with Gasteiger partial charge in [-0.05, 0) is 24.2 Å². The molecule has 2 saturated heterocycles. The fourth-order valence-corrected chi connectivity index (χ4v) is 3.67. The summed E-state index contributed by atoms with van der Waals surface area (Å²) in [6.07, 6.45) is 3.63. The number of morpholine rings is 1. The van der Waals surface area contributed by atoms with Crippen LogP contribution in [-0.4, -0.2) is 97.7 Å². The minimum absolute atomic E-state index is 0.113. The number of likely N-dealkylation sites (N-methyl/N-ethyl adjacent to an activating group) is 1. The van der Waals surface area contributed by atoms with Crippen LogP contribution in [0.2, 0.25) is 0 Å². The standard InChI is InChI=1S/C19H31N5O2/c1-2-22-7-9-23(10-8-22)16-19(25)21-15-18(17-3-5-20-6-4-17)24-11-13-26-14-12-24/h3-6,18H,2,7-16H2,1H3,(H,21,25)/t18-/m1/s1. The highest BCUT2D eigenvalue weighted by Gasteiger charge is 2.24. The Morgan fingerprint density at radius 2 is 1.77 bits per heavy atom. The Bertz CT molecular complexity index is 542. The third-order valence-corrected chi connectivity index (χ3v) is 5.35. The highest BCUT2D eigenvalue weighted by atomic mass is 16.5. The van der Waals surface area contributed by atoms with E-state index < -0.39 is 0 Å². The van der Waals surface area contributed by atoms with Crippen LogP contribution in [0.4, 0.5) is 0 Å². The third kappa shape index (κ3) is 5.48. The molecule has 0 spiro atoms. The Morgan fingerprint density at radius 1 is 1.12 bits per heavy atom. The van der Waals surface area contributed by atoms with Crippen molar-refractivity contribution in [2.75, 3.05) is 72.1 Å². The number of carbonyl (C=O) groups is 1. The van der Waals surface area contributed by atoms with E-state index in [1.165, 1.54) is 5.56 Å². The van der Waals surface area contributed by atoms with Crippen LogP contribution in [-0.2, 0) is 9.53 Å². The maximum absolute atomic E-state index is 12.5. The SMILES string of the molecule is CCN1CCN(CC(=O)NC[C@H](c2ccncc2)N2CCOCC2)CC1. The van der Waals surface area contributed by atoms with Gasteiger partial charge >= 0.3 is 0 Å². The summed E-state index contributed by atoms with van der Waals surface area (Å²) >= 11 is 0. The van der Waals surface area contributed by atoms with Crippen molar-refractivity contribution in [3.63, 3.8) is 0 Å². The average Bonchev–Trinajstić information content (AvgIpc) is 2.70. The van der Waals surface area contributed by atoms with E-state index in [0.29, 0.717) is 13.1 Å². The number of pyridine rings is 1. The van der Waals surface area contributed by atoms with E-state index >= 15 is 0 Å². The number of amides is 1. The molecule has 26 heavy (non-hydrogen) atoms. The van der Waals surface area contributed by atoms with Crippen LogP contribution in [0.15, 0.2) is 24.5 Å². The monoisotopic (exact) mass is 361 g/mol. The van der Waals surface area contributed by atoms with E-state index in [0.717, 1.165) is 59.0 Å². The van der Waals surface area contributed by atoms with Gasteiger partial charge in [-0.2, -0.15) is 0 Å². The fraction of sp³-hybridized carbons (Fsp3) is 0.684. The van der Waals surface area contributed by atoms with E-state index in [9.17, 15) is 4.79 Å². The zero-order chi connectivity index (χ0) is 18.2. The molecule has 0 aliphatic carbocycles. The number of piperazine rings is 1. The first kappa shape index (κ1) is 19.2. The number of nitrogens with zero attached hydrogens (tertiary/aromatic N) is 4. The van der Waals surface area contributed by atoms with Gasteiger partial charge in [-0.3, -0.25) is 19.6 Å². The molecule has 1 aromatic heterocycles. The first-order chi connectivity index (χ1) is 12.8. The molecule has 1 N–H and O–H groups in total. The van der Waals surface area contributed by atoms with Crippen LogP contribution in [0.25, 0.3) is 0 Å². The van der Waals surface area contributed by atoms with Crippen molar-refractivity contribution in [1.29, 1.82) is 0 Å². The van der Waals surface area contributed by atoms with Crippen molar-refractivity contribution >= 4 is 5.91 Å². The Kier molecular flexibility index (Phi) is 7.37. The van der Waals surface area contributed by atoms with Crippen LogP contribution < -0.4 is 5.32 Å². The van der Waals surface area contributed by atoms with E-state index in [1.807, 2.05) is 24.5 Å². The largest absolute Gasteiger partial charge is 0.379 e. The summed E-state index contributed by atoms with van der Waals surface area (Å²) in [5.74, 6) is 0.113. The third-order valence-electron chi connectivity index (χ3n) is 5.35. The molecule has 7 heteroatoms. The number of carbonyl (C=O) groups excluding carboxylic acids is 1. The molecule has 2 aliphatic rings. The first-order valence-electron chi connectivity index (χ1n) is 9.69. The second-order valence-electron chi connectivity index (χ2n) is 6.96. The Labute approximate surface area is 156 Å². The molecule has 0 unspecified atom stereocenters. The summed E-state index contributed by atoms with van der Waals surface area (Å²) in [7, 11) is 0. The molecule has 3 heterocycles. The molecule has 0 radical (unpaired) electrons. The van der Waals surface area contributed by atoms with Gasteiger partial charge in [-0.25, -0.2) is 0 Å². The predicted octanol–water partition coefficient (Wildman–Crippen LogP) is 0.209. The normalized spacial score (nSPS) is 21.4.